The maximum atomic E-state index is 12.1. The van der Waals surface area contributed by atoms with Crippen LogP contribution in [0.1, 0.15) is 46.9 Å². The molecule has 0 fully saturated rings. The molecular weight excluding hydrogens is 254 g/mol. The summed E-state index contributed by atoms with van der Waals surface area (Å²) in [5, 5.41) is 3.28. The molecule has 5 nitrogen and oxygen atoms in total. The summed E-state index contributed by atoms with van der Waals surface area (Å²) >= 11 is 0. The monoisotopic (exact) mass is 275 g/mol. The number of hydrogen-bond acceptors (Lipinski definition) is 4. The fraction of sp³-hybridized carbons (Fsp3) is 0.467. The van der Waals surface area contributed by atoms with Crippen molar-refractivity contribution < 1.29 is 9.59 Å². The van der Waals surface area contributed by atoms with Gasteiger partial charge in [0.2, 0.25) is 0 Å². The Kier molecular flexibility index (Phi) is 4.74. The summed E-state index contributed by atoms with van der Waals surface area (Å²) in [6.45, 7) is 3.78. The van der Waals surface area contributed by atoms with E-state index in [1.807, 2.05) is 6.07 Å². The standard InChI is InChI=1S/C15H21N3O2/c1-2-18-14(19)12-7-6-11(10-13(12)15(18)20)17-9-5-3-4-8-16/h6-7,10,17H,2-5,8-9,16H2,1H3. The van der Waals surface area contributed by atoms with Crippen LogP contribution in [0.4, 0.5) is 5.69 Å². The van der Waals surface area contributed by atoms with Crippen LogP contribution in [0, 0.1) is 0 Å². The number of nitrogens with two attached hydrogens (primary N) is 1. The van der Waals surface area contributed by atoms with Gasteiger partial charge in [-0.2, -0.15) is 0 Å². The van der Waals surface area contributed by atoms with Crippen LogP contribution in [-0.4, -0.2) is 36.3 Å². The van der Waals surface area contributed by atoms with E-state index in [-0.39, 0.29) is 11.8 Å². The lowest BCUT2D eigenvalue weighted by Crippen LogP contribution is -2.29. The van der Waals surface area contributed by atoms with Crippen molar-refractivity contribution in [3.8, 4) is 0 Å². The molecule has 0 bridgehead atoms. The topological polar surface area (TPSA) is 75.4 Å². The number of benzene rings is 1. The Balaban J connectivity index is 2.01. The smallest absolute Gasteiger partial charge is 0.261 e. The first-order chi connectivity index (χ1) is 9.69. The molecule has 0 aliphatic carbocycles. The highest BCUT2D eigenvalue weighted by Gasteiger charge is 2.34. The van der Waals surface area contributed by atoms with Gasteiger partial charge in [0.05, 0.1) is 11.1 Å². The molecule has 0 aromatic heterocycles. The molecule has 0 saturated heterocycles. The summed E-state index contributed by atoms with van der Waals surface area (Å²) in [7, 11) is 0. The van der Waals surface area contributed by atoms with E-state index in [0.29, 0.717) is 17.7 Å². The molecule has 1 heterocycles. The number of rotatable bonds is 7. The SMILES string of the molecule is CCN1C(=O)c2ccc(NCCCCCN)cc2C1=O. The molecule has 0 spiro atoms. The summed E-state index contributed by atoms with van der Waals surface area (Å²) in [5.74, 6) is -0.388. The zero-order valence-corrected chi connectivity index (χ0v) is 11.8. The number of carbonyl (C=O) groups is 2. The van der Waals surface area contributed by atoms with E-state index >= 15 is 0 Å². The lowest BCUT2D eigenvalue weighted by atomic mass is 10.1. The van der Waals surface area contributed by atoms with Crippen LogP contribution in [0.25, 0.3) is 0 Å². The highest BCUT2D eigenvalue weighted by atomic mass is 16.2. The van der Waals surface area contributed by atoms with Gasteiger partial charge in [-0.3, -0.25) is 14.5 Å². The van der Waals surface area contributed by atoms with Crippen molar-refractivity contribution in [2.24, 2.45) is 5.73 Å². The molecule has 2 amide bonds. The van der Waals surface area contributed by atoms with Crippen molar-refractivity contribution in [3.05, 3.63) is 29.3 Å². The zero-order valence-electron chi connectivity index (χ0n) is 11.8. The first-order valence-corrected chi connectivity index (χ1v) is 7.13. The van der Waals surface area contributed by atoms with E-state index < -0.39 is 0 Å². The summed E-state index contributed by atoms with van der Waals surface area (Å²) in [4.78, 5) is 25.3. The van der Waals surface area contributed by atoms with Gasteiger partial charge in [0, 0.05) is 18.8 Å². The Morgan fingerprint density at radius 1 is 1.10 bits per heavy atom. The summed E-state index contributed by atoms with van der Waals surface area (Å²) in [5.41, 5.74) is 7.34. The number of amides is 2. The van der Waals surface area contributed by atoms with E-state index in [9.17, 15) is 9.59 Å². The molecule has 1 aliphatic rings. The second kappa shape index (κ2) is 6.52. The number of nitrogens with one attached hydrogen (secondary N) is 1. The quantitative estimate of drug-likeness (QED) is 0.588. The van der Waals surface area contributed by atoms with Crippen LogP contribution >= 0.6 is 0 Å². The Hall–Kier alpha value is -1.88. The number of fused-ring (bicyclic) bond motifs is 1. The van der Waals surface area contributed by atoms with Gasteiger partial charge in [0.1, 0.15) is 0 Å². The predicted octanol–water partition coefficient (Wildman–Crippen LogP) is 1.84. The molecule has 0 unspecified atom stereocenters. The number of nitrogens with zero attached hydrogens (tertiary/aromatic N) is 1. The van der Waals surface area contributed by atoms with Crippen molar-refractivity contribution in [1.82, 2.24) is 4.90 Å². The van der Waals surface area contributed by atoms with Crippen LogP contribution in [0.15, 0.2) is 18.2 Å². The third-order valence-electron chi connectivity index (χ3n) is 3.50. The first-order valence-electron chi connectivity index (χ1n) is 7.13. The van der Waals surface area contributed by atoms with Crippen LogP contribution < -0.4 is 11.1 Å². The Bertz CT molecular complexity index is 514. The molecule has 1 aromatic rings. The summed E-state index contributed by atoms with van der Waals surface area (Å²) < 4.78 is 0. The highest BCUT2D eigenvalue weighted by molar-refractivity contribution is 6.21. The lowest BCUT2D eigenvalue weighted by molar-refractivity contribution is 0.0663. The Labute approximate surface area is 119 Å². The van der Waals surface area contributed by atoms with Crippen molar-refractivity contribution >= 4 is 17.5 Å². The van der Waals surface area contributed by atoms with Crippen LogP contribution in [0.3, 0.4) is 0 Å². The lowest BCUT2D eigenvalue weighted by Gasteiger charge is -2.08. The van der Waals surface area contributed by atoms with Gasteiger partial charge in [0.25, 0.3) is 11.8 Å². The molecule has 5 heteroatoms. The second-order valence-electron chi connectivity index (χ2n) is 4.89. The number of imide groups is 1. The van der Waals surface area contributed by atoms with Crippen molar-refractivity contribution in [1.29, 1.82) is 0 Å². The largest absolute Gasteiger partial charge is 0.385 e. The van der Waals surface area contributed by atoms with Crippen LogP contribution in [-0.2, 0) is 0 Å². The molecule has 3 N–H and O–H groups in total. The van der Waals surface area contributed by atoms with Crippen LogP contribution in [0.2, 0.25) is 0 Å². The van der Waals surface area contributed by atoms with E-state index in [1.165, 1.54) is 4.90 Å². The average molecular weight is 275 g/mol. The van der Waals surface area contributed by atoms with Gasteiger partial charge in [-0.15, -0.1) is 0 Å². The maximum Gasteiger partial charge on any atom is 0.261 e. The first kappa shape index (κ1) is 14.5. The van der Waals surface area contributed by atoms with E-state index in [4.69, 9.17) is 5.73 Å². The van der Waals surface area contributed by atoms with Crippen molar-refractivity contribution in [2.75, 3.05) is 25.0 Å². The zero-order chi connectivity index (χ0) is 14.5. The van der Waals surface area contributed by atoms with Gasteiger partial charge < -0.3 is 11.1 Å². The molecule has 2 rings (SSSR count). The summed E-state index contributed by atoms with van der Waals surface area (Å²) in [6, 6.07) is 5.35. The van der Waals surface area contributed by atoms with Crippen molar-refractivity contribution in [2.45, 2.75) is 26.2 Å². The maximum absolute atomic E-state index is 12.1. The van der Waals surface area contributed by atoms with Crippen LogP contribution in [0.5, 0.6) is 0 Å². The van der Waals surface area contributed by atoms with Gasteiger partial charge in [-0.05, 0) is 44.5 Å². The molecular formula is C15H21N3O2. The molecule has 20 heavy (non-hydrogen) atoms. The molecule has 108 valence electrons. The second-order valence-corrected chi connectivity index (χ2v) is 4.89. The molecule has 1 aromatic carbocycles. The number of unbranched alkanes of at least 4 members (excludes halogenated alkanes) is 2. The minimum Gasteiger partial charge on any atom is -0.385 e. The normalized spacial score (nSPS) is 13.8. The van der Waals surface area contributed by atoms with Gasteiger partial charge in [-0.25, -0.2) is 0 Å². The van der Waals surface area contributed by atoms with Gasteiger partial charge >= 0.3 is 0 Å². The molecule has 0 saturated carbocycles. The molecule has 1 aliphatic heterocycles. The van der Waals surface area contributed by atoms with E-state index in [2.05, 4.69) is 5.32 Å². The predicted molar refractivity (Wildman–Crippen MR) is 78.9 cm³/mol. The van der Waals surface area contributed by atoms with Gasteiger partial charge in [0.15, 0.2) is 0 Å². The number of anilines is 1. The fourth-order valence-corrected chi connectivity index (χ4v) is 2.37. The highest BCUT2D eigenvalue weighted by Crippen LogP contribution is 2.25. The molecule has 0 atom stereocenters. The number of hydrogen-bond donors (Lipinski definition) is 2. The Morgan fingerprint density at radius 3 is 2.55 bits per heavy atom. The average Bonchev–Trinajstić information content (AvgIpc) is 2.70. The third-order valence-corrected chi connectivity index (χ3v) is 3.50. The van der Waals surface area contributed by atoms with E-state index in [0.717, 1.165) is 38.0 Å². The van der Waals surface area contributed by atoms with Crippen molar-refractivity contribution in [3.63, 3.8) is 0 Å². The minimum absolute atomic E-state index is 0.193. The third kappa shape index (κ3) is 2.82. The number of carbonyl (C=O) groups excluding carboxylic acids is 2. The summed E-state index contributed by atoms with van der Waals surface area (Å²) in [6.07, 6.45) is 3.17. The van der Waals surface area contributed by atoms with E-state index in [1.54, 1.807) is 19.1 Å². The van der Waals surface area contributed by atoms with Gasteiger partial charge in [-0.1, -0.05) is 6.42 Å². The Morgan fingerprint density at radius 2 is 1.85 bits per heavy atom. The fourth-order valence-electron chi connectivity index (χ4n) is 2.37. The molecule has 0 radical (unpaired) electrons. The minimum atomic E-state index is -0.195.